The summed E-state index contributed by atoms with van der Waals surface area (Å²) >= 11 is 0. The molecule has 2 aromatic heterocycles. The van der Waals surface area contributed by atoms with Crippen molar-refractivity contribution < 1.29 is 9.53 Å². The van der Waals surface area contributed by atoms with Crippen molar-refractivity contribution in [3.8, 4) is 5.75 Å². The predicted octanol–water partition coefficient (Wildman–Crippen LogP) is 3.27. The van der Waals surface area contributed by atoms with Gasteiger partial charge in [0.15, 0.2) is 5.82 Å². The molecule has 6 rings (SSSR count). The van der Waals surface area contributed by atoms with E-state index in [2.05, 4.69) is 32.3 Å². The molecule has 3 heterocycles. The monoisotopic (exact) mass is 506 g/mol. The van der Waals surface area contributed by atoms with Gasteiger partial charge in [-0.25, -0.2) is 4.98 Å². The van der Waals surface area contributed by atoms with Gasteiger partial charge in [-0.1, -0.05) is 12.5 Å². The maximum Gasteiger partial charge on any atom is 0.248 e. The number of hydrogen-bond acceptors (Lipinski definition) is 8. The first-order chi connectivity index (χ1) is 17.9. The van der Waals surface area contributed by atoms with Crippen LogP contribution in [-0.2, 0) is 6.54 Å². The summed E-state index contributed by atoms with van der Waals surface area (Å²) in [5.41, 5.74) is 14.7. The number of aromatic nitrogens is 4. The van der Waals surface area contributed by atoms with Crippen LogP contribution in [0.3, 0.4) is 0 Å². The van der Waals surface area contributed by atoms with Crippen LogP contribution in [0.5, 0.6) is 5.75 Å². The van der Waals surface area contributed by atoms with Crippen molar-refractivity contribution in [1.29, 1.82) is 0 Å². The Kier molecular flexibility index (Phi) is 7.19. The van der Waals surface area contributed by atoms with Gasteiger partial charge in [0, 0.05) is 17.7 Å². The van der Waals surface area contributed by atoms with Crippen molar-refractivity contribution in [2.45, 2.75) is 51.5 Å². The van der Waals surface area contributed by atoms with E-state index in [-0.39, 0.29) is 5.95 Å². The molecular weight excluding hydrogens is 468 g/mol. The van der Waals surface area contributed by atoms with E-state index in [0.717, 1.165) is 17.6 Å². The number of benzene rings is 1. The quantitative estimate of drug-likeness (QED) is 0.444. The minimum atomic E-state index is -0.496. The molecule has 198 valence electrons. The standard InChI is InChI=1S/C22H27N7O2.C5H11N/c1-31-17-7-14(19(23)30)3-4-15(17)12-29-18-16(11-26-29)27-21(24)28-20(18)25-10-13-8-22(9-13)5-2-6-22;1-6-4-2-3-5-6/h3-4,7,11,13H,2,5-6,8-10,12H2,1H3,(H2,23,30)(H3,24,25,27,28);2-5H2,1H3. The third-order valence-corrected chi connectivity index (χ3v) is 8.14. The van der Waals surface area contributed by atoms with E-state index in [1.54, 1.807) is 25.4 Å². The molecule has 0 radical (unpaired) electrons. The number of likely N-dealkylation sites (tertiary alicyclic amines) is 1. The van der Waals surface area contributed by atoms with Gasteiger partial charge < -0.3 is 26.4 Å². The molecule has 0 atom stereocenters. The van der Waals surface area contributed by atoms with Gasteiger partial charge in [-0.3, -0.25) is 9.48 Å². The number of nitrogen functional groups attached to an aromatic ring is 1. The second-order valence-electron chi connectivity index (χ2n) is 10.9. The van der Waals surface area contributed by atoms with Gasteiger partial charge in [-0.2, -0.15) is 10.1 Å². The number of ether oxygens (including phenoxy) is 1. The summed E-state index contributed by atoms with van der Waals surface area (Å²) < 4.78 is 7.29. The number of carbonyl (C=O) groups excluding carboxylic acids is 1. The first-order valence-corrected chi connectivity index (χ1v) is 13.2. The van der Waals surface area contributed by atoms with E-state index in [4.69, 9.17) is 16.2 Å². The maximum absolute atomic E-state index is 11.5. The molecule has 0 bridgehead atoms. The van der Waals surface area contributed by atoms with Crippen molar-refractivity contribution in [3.05, 3.63) is 35.5 Å². The molecule has 1 aliphatic heterocycles. The maximum atomic E-state index is 11.5. The third-order valence-electron chi connectivity index (χ3n) is 8.14. The predicted molar refractivity (Wildman–Crippen MR) is 145 cm³/mol. The number of rotatable bonds is 7. The van der Waals surface area contributed by atoms with Gasteiger partial charge in [0.25, 0.3) is 0 Å². The lowest BCUT2D eigenvalue weighted by Gasteiger charge is -2.54. The molecule has 3 fully saturated rings. The van der Waals surface area contributed by atoms with Crippen LogP contribution >= 0.6 is 0 Å². The van der Waals surface area contributed by atoms with Crippen LogP contribution in [0.4, 0.5) is 11.8 Å². The van der Waals surface area contributed by atoms with E-state index < -0.39 is 5.91 Å². The van der Waals surface area contributed by atoms with Gasteiger partial charge in [0.1, 0.15) is 16.8 Å². The van der Waals surface area contributed by atoms with E-state index >= 15 is 0 Å². The number of anilines is 2. The summed E-state index contributed by atoms with van der Waals surface area (Å²) in [7, 11) is 3.74. The molecule has 2 saturated carbocycles. The van der Waals surface area contributed by atoms with E-state index in [0.29, 0.717) is 40.5 Å². The molecule has 3 aliphatic rings. The Balaban J connectivity index is 0.000000412. The summed E-state index contributed by atoms with van der Waals surface area (Å²) in [4.78, 5) is 22.6. The second kappa shape index (κ2) is 10.5. The van der Waals surface area contributed by atoms with Crippen molar-refractivity contribution in [1.82, 2.24) is 24.6 Å². The fourth-order valence-electron chi connectivity index (χ4n) is 5.96. The van der Waals surface area contributed by atoms with Gasteiger partial charge in [0.2, 0.25) is 11.9 Å². The molecular formula is C27H38N8O2. The zero-order chi connectivity index (χ0) is 26.0. The van der Waals surface area contributed by atoms with Crippen LogP contribution in [0.15, 0.2) is 24.4 Å². The Morgan fingerprint density at radius 1 is 1.19 bits per heavy atom. The SMILES string of the molecule is CN1CCCC1.COc1cc(C(N)=O)ccc1Cn1ncc2nc(N)nc(NCC3CC4(CCC4)C3)c21. The van der Waals surface area contributed by atoms with Crippen LogP contribution in [0, 0.1) is 11.3 Å². The molecule has 1 aromatic carbocycles. The number of nitrogens with one attached hydrogen (secondary N) is 1. The molecule has 5 N–H and O–H groups in total. The Morgan fingerprint density at radius 3 is 2.54 bits per heavy atom. The molecule has 1 saturated heterocycles. The van der Waals surface area contributed by atoms with Crippen molar-refractivity contribution in [2.75, 3.05) is 44.8 Å². The molecule has 37 heavy (non-hydrogen) atoms. The van der Waals surface area contributed by atoms with Gasteiger partial charge in [0.05, 0.1) is 19.9 Å². The third kappa shape index (κ3) is 5.49. The summed E-state index contributed by atoms with van der Waals surface area (Å²) in [5.74, 6) is 1.67. The molecule has 1 amide bonds. The molecule has 3 aromatic rings. The lowest BCUT2D eigenvalue weighted by molar-refractivity contribution is -0.0185. The smallest absolute Gasteiger partial charge is 0.248 e. The lowest BCUT2D eigenvalue weighted by Crippen LogP contribution is -2.45. The highest BCUT2D eigenvalue weighted by molar-refractivity contribution is 5.93. The van der Waals surface area contributed by atoms with Gasteiger partial charge in [-0.15, -0.1) is 0 Å². The zero-order valence-corrected chi connectivity index (χ0v) is 21.9. The molecule has 10 heteroatoms. The number of nitrogens with two attached hydrogens (primary N) is 2. The van der Waals surface area contributed by atoms with Crippen molar-refractivity contribution in [3.63, 3.8) is 0 Å². The van der Waals surface area contributed by atoms with Crippen LogP contribution < -0.4 is 21.5 Å². The number of hydrogen-bond donors (Lipinski definition) is 3. The first kappa shape index (κ1) is 25.3. The van der Waals surface area contributed by atoms with Crippen LogP contribution in [0.1, 0.15) is 60.9 Å². The summed E-state index contributed by atoms with van der Waals surface area (Å²) in [6, 6.07) is 5.15. The Morgan fingerprint density at radius 2 is 1.95 bits per heavy atom. The van der Waals surface area contributed by atoms with Crippen LogP contribution in [0.2, 0.25) is 0 Å². The van der Waals surface area contributed by atoms with E-state index in [1.807, 2.05) is 10.7 Å². The highest BCUT2D eigenvalue weighted by Crippen LogP contribution is 2.58. The van der Waals surface area contributed by atoms with Crippen molar-refractivity contribution >= 4 is 28.7 Å². The first-order valence-electron chi connectivity index (χ1n) is 13.2. The molecule has 10 nitrogen and oxygen atoms in total. The van der Waals surface area contributed by atoms with E-state index in [9.17, 15) is 4.79 Å². The Labute approximate surface area is 217 Å². The number of carbonyl (C=O) groups is 1. The highest BCUT2D eigenvalue weighted by Gasteiger charge is 2.47. The molecule has 0 unspecified atom stereocenters. The van der Waals surface area contributed by atoms with E-state index in [1.165, 1.54) is 58.0 Å². The summed E-state index contributed by atoms with van der Waals surface area (Å²) in [6.07, 6.45) is 11.3. The average molecular weight is 507 g/mol. The Bertz CT molecular complexity index is 1250. The number of primary amides is 1. The topological polar surface area (TPSA) is 137 Å². The Hall–Kier alpha value is -3.40. The number of amides is 1. The highest BCUT2D eigenvalue weighted by atomic mass is 16.5. The minimum Gasteiger partial charge on any atom is -0.496 e. The van der Waals surface area contributed by atoms with Crippen LogP contribution in [0.25, 0.3) is 11.0 Å². The largest absolute Gasteiger partial charge is 0.496 e. The fraction of sp³-hybridized carbons (Fsp3) is 0.556. The van der Waals surface area contributed by atoms with Gasteiger partial charge >= 0.3 is 0 Å². The number of nitrogens with zero attached hydrogens (tertiary/aromatic N) is 5. The zero-order valence-electron chi connectivity index (χ0n) is 21.9. The normalized spacial score (nSPS) is 18.6. The summed E-state index contributed by atoms with van der Waals surface area (Å²) in [6.45, 7) is 3.94. The van der Waals surface area contributed by atoms with Crippen molar-refractivity contribution in [2.24, 2.45) is 17.1 Å². The average Bonchev–Trinajstić information content (AvgIpc) is 3.46. The van der Waals surface area contributed by atoms with Gasteiger partial charge in [-0.05, 0) is 82.1 Å². The molecule has 1 spiro atoms. The number of methoxy groups -OCH3 is 1. The summed E-state index contributed by atoms with van der Waals surface area (Å²) in [5, 5.41) is 8.00. The second-order valence-corrected chi connectivity index (χ2v) is 10.9. The minimum absolute atomic E-state index is 0.224. The lowest BCUT2D eigenvalue weighted by atomic mass is 9.52. The van der Waals surface area contributed by atoms with Crippen LogP contribution in [-0.4, -0.2) is 64.3 Å². The number of fused-ring (bicyclic) bond motifs is 1. The fourth-order valence-corrected chi connectivity index (χ4v) is 5.96. The molecule has 2 aliphatic carbocycles.